The minimum Gasteiger partial charge on any atom is -0.485 e. The van der Waals surface area contributed by atoms with Gasteiger partial charge in [-0.15, -0.1) is 0 Å². The van der Waals surface area contributed by atoms with Crippen LogP contribution in [0.15, 0.2) is 61.1 Å². The largest absolute Gasteiger partial charge is 0.485 e. The van der Waals surface area contributed by atoms with Gasteiger partial charge in [-0.3, -0.25) is 9.78 Å². The summed E-state index contributed by atoms with van der Waals surface area (Å²) in [5.41, 5.74) is 2.23. The lowest BCUT2D eigenvalue weighted by Gasteiger charge is -2.38. The number of rotatable bonds is 4. The summed E-state index contributed by atoms with van der Waals surface area (Å²) in [5, 5.41) is 0. The minimum absolute atomic E-state index is 0.0142. The van der Waals surface area contributed by atoms with E-state index in [-0.39, 0.29) is 17.8 Å². The Bertz CT molecular complexity index is 871. The van der Waals surface area contributed by atoms with Crippen LogP contribution < -0.4 is 4.74 Å². The van der Waals surface area contributed by atoms with Crippen LogP contribution in [0.1, 0.15) is 10.5 Å². The lowest BCUT2D eigenvalue weighted by atomic mass is 10.1. The van der Waals surface area contributed by atoms with Crippen LogP contribution in [-0.4, -0.2) is 40.0 Å². The van der Waals surface area contributed by atoms with Gasteiger partial charge in [-0.05, 0) is 41.5 Å². The van der Waals surface area contributed by atoms with Crippen LogP contribution in [0.25, 0.3) is 11.1 Å². The number of halogens is 1. The van der Waals surface area contributed by atoms with Crippen molar-refractivity contribution in [3.8, 4) is 16.9 Å². The summed E-state index contributed by atoms with van der Waals surface area (Å²) in [5.74, 6) is 0.355. The molecule has 0 unspecified atom stereocenters. The third-order valence-corrected chi connectivity index (χ3v) is 4.16. The van der Waals surface area contributed by atoms with Gasteiger partial charge >= 0.3 is 0 Å². The first-order valence-electron chi connectivity index (χ1n) is 7.99. The van der Waals surface area contributed by atoms with Crippen molar-refractivity contribution in [1.29, 1.82) is 0 Å². The van der Waals surface area contributed by atoms with Gasteiger partial charge in [0.1, 0.15) is 23.4 Å². The predicted molar refractivity (Wildman–Crippen MR) is 90.7 cm³/mol. The van der Waals surface area contributed by atoms with Crippen LogP contribution in [0.3, 0.4) is 0 Å². The Labute approximate surface area is 144 Å². The van der Waals surface area contributed by atoms with E-state index in [1.165, 1.54) is 12.1 Å². The SMILES string of the molecule is O=C(c1cc(-c2ccc(F)cc2)c[nH]1)N1CC(Oc2cccnc2)C1. The molecule has 0 atom stereocenters. The van der Waals surface area contributed by atoms with Crippen LogP contribution in [0.2, 0.25) is 0 Å². The monoisotopic (exact) mass is 337 g/mol. The molecular weight excluding hydrogens is 321 g/mol. The standard InChI is InChI=1S/C19H16FN3O2/c20-15-5-3-13(4-6-15)14-8-18(22-9-14)19(24)23-11-17(12-23)25-16-2-1-7-21-10-16/h1-10,17,22H,11-12H2. The van der Waals surface area contributed by atoms with Crippen molar-refractivity contribution in [2.45, 2.75) is 6.10 Å². The normalized spacial score (nSPS) is 14.2. The van der Waals surface area contributed by atoms with Crippen molar-refractivity contribution in [3.63, 3.8) is 0 Å². The predicted octanol–water partition coefficient (Wildman–Crippen LogP) is 3.12. The van der Waals surface area contributed by atoms with E-state index in [1.807, 2.05) is 12.1 Å². The molecule has 1 fully saturated rings. The zero-order valence-electron chi connectivity index (χ0n) is 13.4. The Morgan fingerprint density at radius 2 is 2.00 bits per heavy atom. The van der Waals surface area contributed by atoms with Gasteiger partial charge in [-0.25, -0.2) is 4.39 Å². The van der Waals surface area contributed by atoms with Gasteiger partial charge < -0.3 is 14.6 Å². The summed E-state index contributed by atoms with van der Waals surface area (Å²) in [6.07, 6.45) is 5.08. The number of nitrogens with one attached hydrogen (secondary N) is 1. The molecule has 0 radical (unpaired) electrons. The number of likely N-dealkylation sites (tertiary alicyclic amines) is 1. The van der Waals surface area contributed by atoms with Crippen molar-refractivity contribution < 1.29 is 13.9 Å². The van der Waals surface area contributed by atoms with Gasteiger partial charge in [0.05, 0.1) is 19.3 Å². The summed E-state index contributed by atoms with van der Waals surface area (Å²) < 4.78 is 18.8. The van der Waals surface area contributed by atoms with E-state index in [0.717, 1.165) is 11.1 Å². The number of aromatic nitrogens is 2. The molecule has 3 aromatic rings. The molecule has 1 aliphatic heterocycles. The topological polar surface area (TPSA) is 58.2 Å². The van der Waals surface area contributed by atoms with Crippen LogP contribution in [-0.2, 0) is 0 Å². The molecular formula is C19H16FN3O2. The maximum absolute atomic E-state index is 13.0. The van der Waals surface area contributed by atoms with E-state index in [0.29, 0.717) is 24.5 Å². The molecule has 126 valence electrons. The molecule has 0 spiro atoms. The number of H-pyrrole nitrogens is 1. The van der Waals surface area contributed by atoms with Crippen molar-refractivity contribution in [3.05, 3.63) is 72.6 Å². The zero-order valence-corrected chi connectivity index (χ0v) is 13.4. The van der Waals surface area contributed by atoms with Crippen LogP contribution in [0, 0.1) is 5.82 Å². The summed E-state index contributed by atoms with van der Waals surface area (Å²) >= 11 is 0. The first kappa shape index (κ1) is 15.4. The highest BCUT2D eigenvalue weighted by Gasteiger charge is 2.33. The van der Waals surface area contributed by atoms with Gasteiger partial charge in [-0.1, -0.05) is 12.1 Å². The van der Waals surface area contributed by atoms with Gasteiger partial charge in [0.15, 0.2) is 0 Å². The Balaban J connectivity index is 1.37. The van der Waals surface area contributed by atoms with Crippen LogP contribution in [0.4, 0.5) is 4.39 Å². The maximum Gasteiger partial charge on any atom is 0.270 e. The molecule has 2 aromatic heterocycles. The first-order chi connectivity index (χ1) is 12.2. The van der Waals surface area contributed by atoms with E-state index in [1.54, 1.807) is 41.7 Å². The zero-order chi connectivity index (χ0) is 17.2. The second kappa shape index (κ2) is 6.39. The Morgan fingerprint density at radius 1 is 1.20 bits per heavy atom. The highest BCUT2D eigenvalue weighted by Crippen LogP contribution is 2.23. The molecule has 1 saturated heterocycles. The van der Waals surface area contributed by atoms with Crippen molar-refractivity contribution >= 4 is 5.91 Å². The van der Waals surface area contributed by atoms with E-state index in [9.17, 15) is 9.18 Å². The third-order valence-electron chi connectivity index (χ3n) is 4.16. The number of ether oxygens (including phenoxy) is 1. The fraction of sp³-hybridized carbons (Fsp3) is 0.158. The van der Waals surface area contributed by atoms with Crippen molar-refractivity contribution in [2.24, 2.45) is 0 Å². The molecule has 6 heteroatoms. The fourth-order valence-corrected chi connectivity index (χ4v) is 2.78. The average Bonchev–Trinajstić information content (AvgIpc) is 3.09. The fourth-order valence-electron chi connectivity index (χ4n) is 2.78. The summed E-state index contributed by atoms with van der Waals surface area (Å²) in [4.78, 5) is 21.2. The lowest BCUT2D eigenvalue weighted by molar-refractivity contribution is 0.0173. The van der Waals surface area contributed by atoms with Crippen LogP contribution in [0.5, 0.6) is 5.75 Å². The average molecular weight is 337 g/mol. The first-order valence-corrected chi connectivity index (χ1v) is 7.99. The van der Waals surface area contributed by atoms with E-state index >= 15 is 0 Å². The highest BCUT2D eigenvalue weighted by atomic mass is 19.1. The Hall–Kier alpha value is -3.15. The molecule has 1 N–H and O–H groups in total. The number of carbonyl (C=O) groups excluding carboxylic acids is 1. The Morgan fingerprint density at radius 3 is 2.72 bits per heavy atom. The highest BCUT2D eigenvalue weighted by molar-refractivity contribution is 5.94. The van der Waals surface area contributed by atoms with E-state index in [2.05, 4.69) is 9.97 Å². The quantitative estimate of drug-likeness (QED) is 0.796. The molecule has 0 aliphatic carbocycles. The second-order valence-corrected chi connectivity index (χ2v) is 5.95. The van der Waals surface area contributed by atoms with Crippen molar-refractivity contribution in [2.75, 3.05) is 13.1 Å². The lowest BCUT2D eigenvalue weighted by Crippen LogP contribution is -2.56. The molecule has 4 rings (SSSR count). The number of hydrogen-bond acceptors (Lipinski definition) is 3. The van der Waals surface area contributed by atoms with Gasteiger partial charge in [0.2, 0.25) is 0 Å². The molecule has 25 heavy (non-hydrogen) atoms. The van der Waals surface area contributed by atoms with E-state index in [4.69, 9.17) is 4.74 Å². The summed E-state index contributed by atoms with van der Waals surface area (Å²) in [6.45, 7) is 1.08. The smallest absolute Gasteiger partial charge is 0.270 e. The van der Waals surface area contributed by atoms with Gasteiger partial charge in [-0.2, -0.15) is 0 Å². The molecule has 1 aliphatic rings. The molecule has 3 heterocycles. The Kier molecular flexibility index (Phi) is 3.93. The number of hydrogen-bond donors (Lipinski definition) is 1. The summed E-state index contributed by atoms with van der Waals surface area (Å²) in [7, 11) is 0. The number of nitrogens with zero attached hydrogens (tertiary/aromatic N) is 2. The number of carbonyl (C=O) groups is 1. The van der Waals surface area contributed by atoms with E-state index < -0.39 is 0 Å². The van der Waals surface area contributed by atoms with Crippen LogP contribution >= 0.6 is 0 Å². The number of pyridine rings is 1. The minimum atomic E-state index is -0.282. The molecule has 1 amide bonds. The number of aromatic amines is 1. The molecule has 5 nitrogen and oxygen atoms in total. The van der Waals surface area contributed by atoms with Gasteiger partial charge in [0.25, 0.3) is 5.91 Å². The summed E-state index contributed by atoms with van der Waals surface area (Å²) in [6, 6.07) is 11.6. The number of benzene rings is 1. The third kappa shape index (κ3) is 3.24. The molecule has 0 bridgehead atoms. The molecule has 1 aromatic carbocycles. The maximum atomic E-state index is 13.0. The molecule has 0 saturated carbocycles. The van der Waals surface area contributed by atoms with Crippen molar-refractivity contribution in [1.82, 2.24) is 14.9 Å². The van der Waals surface area contributed by atoms with Gasteiger partial charge in [0, 0.05) is 12.4 Å². The number of amides is 1. The second-order valence-electron chi connectivity index (χ2n) is 5.95.